The average molecular weight is 231 g/mol. The highest BCUT2D eigenvalue weighted by molar-refractivity contribution is 6.03. The number of hydrogen-bond donors (Lipinski definition) is 1. The lowest BCUT2D eigenvalue weighted by atomic mass is 10.0. The molecule has 1 N–H and O–H groups in total. The molecular weight excluding hydrogens is 214 g/mol. The van der Waals surface area contributed by atoms with Crippen LogP contribution >= 0.6 is 0 Å². The topological polar surface area (TPSA) is 50.2 Å². The van der Waals surface area contributed by atoms with E-state index in [4.69, 9.17) is 5.11 Å². The molecule has 1 aromatic carbocycles. The van der Waals surface area contributed by atoms with Crippen molar-refractivity contribution in [2.45, 2.75) is 27.7 Å². The van der Waals surface area contributed by atoms with Crippen LogP contribution in [0.5, 0.6) is 0 Å². The van der Waals surface area contributed by atoms with Crippen molar-refractivity contribution in [3.63, 3.8) is 0 Å². The fourth-order valence-corrected chi connectivity index (χ4v) is 1.68. The maximum absolute atomic E-state index is 11.1. The van der Waals surface area contributed by atoms with Crippen LogP contribution in [0.15, 0.2) is 24.4 Å². The third-order valence-corrected chi connectivity index (χ3v) is 2.41. The van der Waals surface area contributed by atoms with Crippen LogP contribution in [0.3, 0.4) is 0 Å². The Morgan fingerprint density at radius 2 is 1.88 bits per heavy atom. The first-order valence-corrected chi connectivity index (χ1v) is 5.69. The molecule has 0 spiro atoms. The summed E-state index contributed by atoms with van der Waals surface area (Å²) in [5.74, 6) is -0.922. The minimum Gasteiger partial charge on any atom is -0.478 e. The van der Waals surface area contributed by atoms with E-state index in [2.05, 4.69) is 4.98 Å². The lowest BCUT2D eigenvalue weighted by Crippen LogP contribution is -2.02. The summed E-state index contributed by atoms with van der Waals surface area (Å²) >= 11 is 0. The van der Waals surface area contributed by atoms with Crippen LogP contribution in [0.4, 0.5) is 0 Å². The molecule has 1 aromatic heterocycles. The summed E-state index contributed by atoms with van der Waals surface area (Å²) < 4.78 is 0. The van der Waals surface area contributed by atoms with Crippen LogP contribution in [0.2, 0.25) is 0 Å². The molecule has 0 aliphatic carbocycles. The smallest absolute Gasteiger partial charge is 0.338 e. The quantitative estimate of drug-likeness (QED) is 0.816. The van der Waals surface area contributed by atoms with Gasteiger partial charge in [0.1, 0.15) is 0 Å². The van der Waals surface area contributed by atoms with Crippen molar-refractivity contribution in [2.24, 2.45) is 0 Å². The van der Waals surface area contributed by atoms with E-state index in [9.17, 15) is 4.79 Å². The first kappa shape index (κ1) is 13.2. The van der Waals surface area contributed by atoms with Crippen LogP contribution in [0, 0.1) is 13.8 Å². The molecule has 0 bridgehead atoms. The number of nitrogens with zero attached hydrogens (tertiary/aromatic N) is 1. The molecule has 0 aliphatic heterocycles. The van der Waals surface area contributed by atoms with E-state index in [1.807, 2.05) is 39.0 Å². The zero-order valence-corrected chi connectivity index (χ0v) is 10.6. The number of aromatic carboxylic acids is 1. The molecule has 0 fully saturated rings. The van der Waals surface area contributed by atoms with Gasteiger partial charge in [0.2, 0.25) is 0 Å². The van der Waals surface area contributed by atoms with Gasteiger partial charge in [0.05, 0.1) is 11.1 Å². The van der Waals surface area contributed by atoms with Gasteiger partial charge in [-0.2, -0.15) is 0 Å². The Bertz CT molecular complexity index is 547. The first-order valence-electron chi connectivity index (χ1n) is 5.69. The van der Waals surface area contributed by atoms with Gasteiger partial charge in [-0.25, -0.2) is 4.79 Å². The number of fused-ring (bicyclic) bond motifs is 1. The van der Waals surface area contributed by atoms with Crippen LogP contribution < -0.4 is 0 Å². The van der Waals surface area contributed by atoms with Gasteiger partial charge in [0.25, 0.3) is 0 Å². The molecule has 0 unspecified atom stereocenters. The lowest BCUT2D eigenvalue weighted by molar-refractivity contribution is 0.0698. The van der Waals surface area contributed by atoms with E-state index in [0.717, 1.165) is 16.5 Å². The Kier molecular flexibility index (Phi) is 4.21. The molecule has 3 heteroatoms. The number of benzene rings is 1. The molecule has 0 saturated carbocycles. The monoisotopic (exact) mass is 231 g/mol. The van der Waals surface area contributed by atoms with Crippen LogP contribution in [0.25, 0.3) is 10.9 Å². The number of aromatic nitrogens is 1. The minimum absolute atomic E-state index is 0.299. The third-order valence-electron chi connectivity index (χ3n) is 2.41. The standard InChI is InChI=1S/C12H11NO2.C2H6/c1-7-5-9-4-3-8(2)10(12(14)15)11(9)13-6-7;1-2/h3-6H,1-2H3,(H,14,15);1-2H3. The van der Waals surface area contributed by atoms with Crippen LogP contribution in [0.1, 0.15) is 35.3 Å². The largest absolute Gasteiger partial charge is 0.478 e. The number of carboxylic acid groups (broad SMARTS) is 1. The summed E-state index contributed by atoms with van der Waals surface area (Å²) in [4.78, 5) is 15.3. The van der Waals surface area contributed by atoms with Gasteiger partial charge in [-0.15, -0.1) is 0 Å². The summed E-state index contributed by atoms with van der Waals surface area (Å²) in [6.07, 6.45) is 1.69. The molecular formula is C14H17NO2. The lowest BCUT2D eigenvalue weighted by Gasteiger charge is -2.05. The zero-order chi connectivity index (χ0) is 13.0. The van der Waals surface area contributed by atoms with Gasteiger partial charge in [0, 0.05) is 11.6 Å². The molecule has 2 aromatic rings. The summed E-state index contributed by atoms with van der Waals surface area (Å²) in [5, 5.41) is 9.97. The Morgan fingerprint density at radius 1 is 1.24 bits per heavy atom. The third kappa shape index (κ3) is 2.61. The fraction of sp³-hybridized carbons (Fsp3) is 0.286. The van der Waals surface area contributed by atoms with Crippen molar-refractivity contribution in [1.82, 2.24) is 4.98 Å². The zero-order valence-electron chi connectivity index (χ0n) is 10.6. The number of rotatable bonds is 1. The predicted octanol–water partition coefficient (Wildman–Crippen LogP) is 3.58. The summed E-state index contributed by atoms with van der Waals surface area (Å²) in [5.41, 5.74) is 2.63. The molecule has 1 heterocycles. The molecule has 0 radical (unpaired) electrons. The second kappa shape index (κ2) is 5.43. The van der Waals surface area contributed by atoms with Crippen LogP contribution in [-0.4, -0.2) is 16.1 Å². The second-order valence-electron chi connectivity index (χ2n) is 3.65. The van der Waals surface area contributed by atoms with E-state index in [0.29, 0.717) is 11.1 Å². The van der Waals surface area contributed by atoms with Crippen molar-refractivity contribution in [2.75, 3.05) is 0 Å². The SMILES string of the molecule is CC.Cc1cnc2c(C(=O)O)c(C)ccc2c1. The molecule has 0 saturated heterocycles. The Balaban J connectivity index is 0.000000686. The fourth-order valence-electron chi connectivity index (χ4n) is 1.68. The van der Waals surface area contributed by atoms with E-state index >= 15 is 0 Å². The first-order chi connectivity index (χ1) is 8.09. The highest BCUT2D eigenvalue weighted by Crippen LogP contribution is 2.20. The van der Waals surface area contributed by atoms with Gasteiger partial charge in [0.15, 0.2) is 0 Å². The molecule has 0 amide bonds. The number of pyridine rings is 1. The maximum atomic E-state index is 11.1. The Morgan fingerprint density at radius 3 is 2.47 bits per heavy atom. The molecule has 90 valence electrons. The molecule has 0 atom stereocenters. The van der Waals surface area contributed by atoms with Crippen molar-refractivity contribution >= 4 is 16.9 Å². The Labute approximate surface area is 101 Å². The average Bonchev–Trinajstić information content (AvgIpc) is 2.31. The van der Waals surface area contributed by atoms with Crippen molar-refractivity contribution < 1.29 is 9.90 Å². The normalized spacial score (nSPS) is 9.65. The van der Waals surface area contributed by atoms with Gasteiger partial charge in [-0.3, -0.25) is 4.98 Å². The van der Waals surface area contributed by atoms with E-state index in [-0.39, 0.29) is 0 Å². The molecule has 0 aliphatic rings. The van der Waals surface area contributed by atoms with Gasteiger partial charge in [-0.1, -0.05) is 26.0 Å². The summed E-state index contributed by atoms with van der Waals surface area (Å²) in [6, 6.07) is 5.65. The molecule has 17 heavy (non-hydrogen) atoms. The van der Waals surface area contributed by atoms with Crippen molar-refractivity contribution in [3.8, 4) is 0 Å². The van der Waals surface area contributed by atoms with Crippen LogP contribution in [-0.2, 0) is 0 Å². The highest BCUT2D eigenvalue weighted by Gasteiger charge is 2.12. The van der Waals surface area contributed by atoms with E-state index in [1.165, 1.54) is 0 Å². The number of carbonyl (C=O) groups is 1. The second-order valence-corrected chi connectivity index (χ2v) is 3.65. The molecule has 2 rings (SSSR count). The van der Waals surface area contributed by atoms with Gasteiger partial charge < -0.3 is 5.11 Å². The van der Waals surface area contributed by atoms with E-state index < -0.39 is 5.97 Å². The number of carboxylic acids is 1. The highest BCUT2D eigenvalue weighted by atomic mass is 16.4. The van der Waals surface area contributed by atoms with Crippen molar-refractivity contribution in [3.05, 3.63) is 41.1 Å². The maximum Gasteiger partial charge on any atom is 0.338 e. The number of aryl methyl sites for hydroxylation is 2. The predicted molar refractivity (Wildman–Crippen MR) is 69.5 cm³/mol. The summed E-state index contributed by atoms with van der Waals surface area (Å²) in [7, 11) is 0. The minimum atomic E-state index is -0.922. The van der Waals surface area contributed by atoms with Crippen molar-refractivity contribution in [1.29, 1.82) is 0 Å². The van der Waals surface area contributed by atoms with E-state index in [1.54, 1.807) is 13.1 Å². The van der Waals surface area contributed by atoms with Gasteiger partial charge in [-0.05, 0) is 31.0 Å². The van der Waals surface area contributed by atoms with Gasteiger partial charge >= 0.3 is 5.97 Å². The number of hydrogen-bond acceptors (Lipinski definition) is 2. The molecule has 3 nitrogen and oxygen atoms in total. The Hall–Kier alpha value is -1.90. The summed E-state index contributed by atoms with van der Waals surface area (Å²) in [6.45, 7) is 7.72.